The van der Waals surface area contributed by atoms with E-state index in [-0.39, 0.29) is 18.5 Å². The van der Waals surface area contributed by atoms with E-state index >= 15 is 0 Å². The van der Waals surface area contributed by atoms with E-state index in [4.69, 9.17) is 4.74 Å². The lowest BCUT2D eigenvalue weighted by atomic mass is 10.1. The Morgan fingerprint density at radius 3 is 2.87 bits per heavy atom. The average molecular weight is 319 g/mol. The van der Waals surface area contributed by atoms with Crippen LogP contribution in [0.25, 0.3) is 0 Å². The number of rotatable bonds is 6. The van der Waals surface area contributed by atoms with Gasteiger partial charge in [-0.15, -0.1) is 0 Å². The SMILES string of the molecule is CCCOc1ccc(CCNC(=O)N2CCCNC(=O)C2)cc1. The summed E-state index contributed by atoms with van der Waals surface area (Å²) >= 11 is 0. The van der Waals surface area contributed by atoms with Gasteiger partial charge in [0.1, 0.15) is 12.3 Å². The largest absolute Gasteiger partial charge is 0.494 e. The van der Waals surface area contributed by atoms with Crippen molar-refractivity contribution in [2.24, 2.45) is 0 Å². The lowest BCUT2D eigenvalue weighted by molar-refractivity contribution is -0.121. The monoisotopic (exact) mass is 319 g/mol. The Kier molecular flexibility index (Phi) is 6.72. The maximum atomic E-state index is 12.1. The van der Waals surface area contributed by atoms with Gasteiger partial charge in [-0.1, -0.05) is 19.1 Å². The van der Waals surface area contributed by atoms with Crippen LogP contribution in [0.15, 0.2) is 24.3 Å². The number of nitrogens with zero attached hydrogens (tertiary/aromatic N) is 1. The average Bonchev–Trinajstić information content (AvgIpc) is 2.78. The van der Waals surface area contributed by atoms with E-state index in [1.165, 1.54) is 0 Å². The van der Waals surface area contributed by atoms with Crippen LogP contribution in [0.2, 0.25) is 0 Å². The van der Waals surface area contributed by atoms with Crippen molar-refractivity contribution >= 4 is 11.9 Å². The Hall–Kier alpha value is -2.24. The van der Waals surface area contributed by atoms with Crippen LogP contribution in [0.4, 0.5) is 4.79 Å². The first-order valence-corrected chi connectivity index (χ1v) is 8.20. The third kappa shape index (κ3) is 5.81. The molecule has 1 aliphatic rings. The standard InChI is InChI=1S/C17H25N3O3/c1-2-12-23-15-6-4-14(5-7-15)8-10-19-17(22)20-11-3-9-18-16(21)13-20/h4-7H,2-3,8-13H2,1H3,(H,18,21)(H,19,22). The number of urea groups is 1. The van der Waals surface area contributed by atoms with Crippen molar-refractivity contribution in [3.63, 3.8) is 0 Å². The molecule has 1 heterocycles. The number of nitrogens with one attached hydrogen (secondary N) is 2. The van der Waals surface area contributed by atoms with Crippen LogP contribution in [0.5, 0.6) is 5.75 Å². The van der Waals surface area contributed by atoms with Crippen molar-refractivity contribution in [2.75, 3.05) is 32.8 Å². The molecule has 3 amide bonds. The van der Waals surface area contributed by atoms with Crippen molar-refractivity contribution in [3.8, 4) is 5.75 Å². The molecule has 1 aromatic carbocycles. The van der Waals surface area contributed by atoms with Crippen LogP contribution >= 0.6 is 0 Å². The second-order valence-corrected chi connectivity index (χ2v) is 5.60. The highest BCUT2D eigenvalue weighted by atomic mass is 16.5. The van der Waals surface area contributed by atoms with Gasteiger partial charge in [0.25, 0.3) is 0 Å². The molecule has 0 saturated carbocycles. The fraction of sp³-hybridized carbons (Fsp3) is 0.529. The lowest BCUT2D eigenvalue weighted by Crippen LogP contribution is -2.44. The molecule has 23 heavy (non-hydrogen) atoms. The first-order valence-electron chi connectivity index (χ1n) is 8.20. The first-order chi connectivity index (χ1) is 11.2. The van der Waals surface area contributed by atoms with E-state index in [0.29, 0.717) is 19.6 Å². The third-order valence-corrected chi connectivity index (χ3v) is 3.63. The van der Waals surface area contributed by atoms with Crippen molar-refractivity contribution in [3.05, 3.63) is 29.8 Å². The Labute approximate surface area is 137 Å². The van der Waals surface area contributed by atoms with Crippen LogP contribution in [0.3, 0.4) is 0 Å². The highest BCUT2D eigenvalue weighted by Gasteiger charge is 2.18. The summed E-state index contributed by atoms with van der Waals surface area (Å²) in [6, 6.07) is 7.75. The van der Waals surface area contributed by atoms with Crippen LogP contribution in [0, 0.1) is 0 Å². The Balaban J connectivity index is 1.73. The number of hydrogen-bond acceptors (Lipinski definition) is 3. The molecule has 1 aliphatic heterocycles. The molecule has 0 unspecified atom stereocenters. The zero-order chi connectivity index (χ0) is 16.5. The number of hydrogen-bond donors (Lipinski definition) is 2. The molecule has 0 bridgehead atoms. The number of amides is 3. The van der Waals surface area contributed by atoms with Crippen LogP contribution in [-0.2, 0) is 11.2 Å². The van der Waals surface area contributed by atoms with Crippen molar-refractivity contribution in [2.45, 2.75) is 26.2 Å². The van der Waals surface area contributed by atoms with Crippen LogP contribution in [0.1, 0.15) is 25.3 Å². The van der Waals surface area contributed by atoms with Gasteiger partial charge in [0.2, 0.25) is 5.91 Å². The molecule has 6 heteroatoms. The maximum Gasteiger partial charge on any atom is 0.317 e. The summed E-state index contributed by atoms with van der Waals surface area (Å²) in [4.78, 5) is 25.1. The Morgan fingerprint density at radius 1 is 1.35 bits per heavy atom. The van der Waals surface area contributed by atoms with Gasteiger partial charge in [0.15, 0.2) is 0 Å². The van der Waals surface area contributed by atoms with Gasteiger partial charge in [-0.05, 0) is 37.0 Å². The summed E-state index contributed by atoms with van der Waals surface area (Å²) in [6.45, 7) is 4.72. The van der Waals surface area contributed by atoms with E-state index in [9.17, 15) is 9.59 Å². The quantitative estimate of drug-likeness (QED) is 0.836. The molecular formula is C17H25N3O3. The first kappa shape index (κ1) is 17.1. The number of ether oxygens (including phenoxy) is 1. The fourth-order valence-electron chi connectivity index (χ4n) is 2.38. The van der Waals surface area contributed by atoms with Gasteiger partial charge in [-0.3, -0.25) is 4.79 Å². The Bertz CT molecular complexity index is 516. The van der Waals surface area contributed by atoms with Crippen molar-refractivity contribution < 1.29 is 14.3 Å². The minimum Gasteiger partial charge on any atom is -0.494 e. The molecule has 0 radical (unpaired) electrons. The minimum atomic E-state index is -0.176. The lowest BCUT2D eigenvalue weighted by Gasteiger charge is -2.19. The third-order valence-electron chi connectivity index (χ3n) is 3.63. The van der Waals surface area contributed by atoms with E-state index in [0.717, 1.165) is 37.2 Å². The fourth-order valence-corrected chi connectivity index (χ4v) is 2.38. The van der Waals surface area contributed by atoms with Gasteiger partial charge in [-0.2, -0.15) is 0 Å². The molecule has 1 aromatic rings. The summed E-state index contributed by atoms with van der Waals surface area (Å²) in [6.07, 6.45) is 2.53. The topological polar surface area (TPSA) is 70.7 Å². The molecule has 1 fully saturated rings. The molecule has 6 nitrogen and oxygen atoms in total. The van der Waals surface area contributed by atoms with Crippen molar-refractivity contribution in [1.29, 1.82) is 0 Å². The van der Waals surface area contributed by atoms with Crippen molar-refractivity contribution in [1.82, 2.24) is 15.5 Å². The van der Waals surface area contributed by atoms with E-state index in [2.05, 4.69) is 17.6 Å². The minimum absolute atomic E-state index is 0.0969. The summed E-state index contributed by atoms with van der Waals surface area (Å²) in [7, 11) is 0. The number of carbonyl (C=O) groups is 2. The molecule has 1 saturated heterocycles. The zero-order valence-electron chi connectivity index (χ0n) is 13.6. The normalized spacial score (nSPS) is 14.8. The summed E-state index contributed by atoms with van der Waals surface area (Å²) < 4.78 is 5.54. The predicted molar refractivity (Wildman–Crippen MR) is 88.5 cm³/mol. The van der Waals surface area contributed by atoms with Crippen LogP contribution < -0.4 is 15.4 Å². The molecule has 126 valence electrons. The summed E-state index contributed by atoms with van der Waals surface area (Å²) in [5.41, 5.74) is 1.14. The molecule has 0 aliphatic carbocycles. The maximum absolute atomic E-state index is 12.1. The Morgan fingerprint density at radius 2 is 2.13 bits per heavy atom. The number of benzene rings is 1. The van der Waals surface area contributed by atoms with Gasteiger partial charge >= 0.3 is 6.03 Å². The zero-order valence-corrected chi connectivity index (χ0v) is 13.6. The molecule has 0 aromatic heterocycles. The molecule has 0 atom stereocenters. The molecular weight excluding hydrogens is 294 g/mol. The summed E-state index contributed by atoms with van der Waals surface area (Å²) in [5, 5.41) is 5.63. The smallest absolute Gasteiger partial charge is 0.317 e. The van der Waals surface area contributed by atoms with E-state index in [1.807, 2.05) is 24.3 Å². The molecule has 0 spiro atoms. The highest BCUT2D eigenvalue weighted by Crippen LogP contribution is 2.12. The number of carbonyl (C=O) groups excluding carboxylic acids is 2. The van der Waals surface area contributed by atoms with Gasteiger partial charge in [-0.25, -0.2) is 4.79 Å². The van der Waals surface area contributed by atoms with Gasteiger partial charge in [0.05, 0.1) is 6.61 Å². The summed E-state index contributed by atoms with van der Waals surface area (Å²) in [5.74, 6) is 0.774. The van der Waals surface area contributed by atoms with Crippen LogP contribution in [-0.4, -0.2) is 49.6 Å². The predicted octanol–water partition coefficient (Wildman–Crippen LogP) is 1.55. The highest BCUT2D eigenvalue weighted by molar-refractivity contribution is 5.84. The molecule has 2 rings (SSSR count). The van der Waals surface area contributed by atoms with E-state index in [1.54, 1.807) is 4.90 Å². The second-order valence-electron chi connectivity index (χ2n) is 5.60. The second kappa shape index (κ2) is 9.02. The van der Waals surface area contributed by atoms with Gasteiger partial charge in [0, 0.05) is 19.6 Å². The van der Waals surface area contributed by atoms with Gasteiger partial charge < -0.3 is 20.3 Å². The van der Waals surface area contributed by atoms with E-state index < -0.39 is 0 Å². The molecule has 2 N–H and O–H groups in total.